The van der Waals surface area contributed by atoms with Gasteiger partial charge in [0, 0.05) is 12.8 Å². The largest absolute Gasteiger partial charge is 0.462 e. The van der Waals surface area contributed by atoms with E-state index in [2.05, 4.69) is 26.5 Å². The minimum Gasteiger partial charge on any atom is -0.462 e. The lowest BCUT2D eigenvalue weighted by atomic mass is 9.44. The molecule has 0 aromatic rings. The number of rotatable bonds is 2. The quantitative estimate of drug-likeness (QED) is 0.572. The Morgan fingerprint density at radius 3 is 2.62 bits per heavy atom. The standard InChI is InChI=1S/C23H36O3/c1-5-15-7-9-19-18-8-6-16-12-17(25)10-11-22(16,3)21(18)20(26-14(2)24)13-23(15,19)4/h5,15-21,25H,1,6-13H2,2-4H3/t15-,16-,17+,18-,19+,20+,21+,22-,23+/m0/s1. The maximum absolute atomic E-state index is 12.0. The molecule has 1 N–H and O–H groups in total. The van der Waals surface area contributed by atoms with Gasteiger partial charge in [0.1, 0.15) is 6.10 Å². The van der Waals surface area contributed by atoms with Crippen LogP contribution in [-0.2, 0) is 9.53 Å². The first-order valence-electron chi connectivity index (χ1n) is 10.8. The van der Waals surface area contributed by atoms with Gasteiger partial charge >= 0.3 is 5.97 Å². The summed E-state index contributed by atoms with van der Waals surface area (Å²) in [5, 5.41) is 10.2. The highest BCUT2D eigenvalue weighted by Crippen LogP contribution is 2.68. The van der Waals surface area contributed by atoms with Gasteiger partial charge in [-0.25, -0.2) is 0 Å². The van der Waals surface area contributed by atoms with Crippen LogP contribution in [0, 0.1) is 40.4 Å². The van der Waals surface area contributed by atoms with E-state index in [4.69, 9.17) is 4.74 Å². The maximum Gasteiger partial charge on any atom is 0.302 e. The molecule has 26 heavy (non-hydrogen) atoms. The Labute approximate surface area is 158 Å². The van der Waals surface area contributed by atoms with Crippen molar-refractivity contribution in [3.8, 4) is 0 Å². The lowest BCUT2D eigenvalue weighted by molar-refractivity contribution is -0.196. The third-order valence-corrected chi connectivity index (χ3v) is 9.22. The van der Waals surface area contributed by atoms with Crippen LogP contribution in [0.2, 0.25) is 0 Å². The second-order valence-electron chi connectivity index (χ2n) is 10.3. The van der Waals surface area contributed by atoms with E-state index in [1.807, 2.05) is 0 Å². The number of esters is 1. The van der Waals surface area contributed by atoms with Crippen molar-refractivity contribution in [2.24, 2.45) is 40.4 Å². The molecule has 4 fully saturated rings. The smallest absolute Gasteiger partial charge is 0.302 e. The summed E-state index contributed by atoms with van der Waals surface area (Å²) in [6.07, 6.45) is 11.0. The Balaban J connectivity index is 1.72. The number of fused-ring (bicyclic) bond motifs is 5. The Kier molecular flexibility index (Phi) is 4.53. The van der Waals surface area contributed by atoms with Gasteiger partial charge in [0.15, 0.2) is 0 Å². The molecule has 0 bridgehead atoms. The van der Waals surface area contributed by atoms with Gasteiger partial charge in [-0.1, -0.05) is 19.9 Å². The molecule has 0 saturated heterocycles. The Morgan fingerprint density at radius 2 is 1.92 bits per heavy atom. The van der Waals surface area contributed by atoms with Gasteiger partial charge < -0.3 is 9.84 Å². The topological polar surface area (TPSA) is 46.5 Å². The second-order valence-corrected chi connectivity index (χ2v) is 10.3. The summed E-state index contributed by atoms with van der Waals surface area (Å²) in [5.41, 5.74) is 0.427. The zero-order valence-corrected chi connectivity index (χ0v) is 16.7. The number of ether oxygens (including phenoxy) is 1. The van der Waals surface area contributed by atoms with E-state index in [1.165, 1.54) is 25.7 Å². The molecule has 4 rings (SSSR count). The molecule has 0 amide bonds. The fraction of sp³-hybridized carbons (Fsp3) is 0.870. The van der Waals surface area contributed by atoms with Gasteiger partial charge in [-0.05, 0) is 85.9 Å². The summed E-state index contributed by atoms with van der Waals surface area (Å²) < 4.78 is 6.03. The van der Waals surface area contributed by atoms with Gasteiger partial charge in [0.05, 0.1) is 6.10 Å². The van der Waals surface area contributed by atoms with Gasteiger partial charge in [0.2, 0.25) is 0 Å². The number of aliphatic hydroxyl groups is 1. The third-order valence-electron chi connectivity index (χ3n) is 9.22. The second kappa shape index (κ2) is 6.36. The van der Waals surface area contributed by atoms with Crippen molar-refractivity contribution in [1.82, 2.24) is 0 Å². The van der Waals surface area contributed by atoms with Crippen molar-refractivity contribution in [2.45, 2.75) is 84.3 Å². The minimum absolute atomic E-state index is 0.0299. The number of aliphatic hydroxyl groups excluding tert-OH is 1. The van der Waals surface area contributed by atoms with Crippen LogP contribution < -0.4 is 0 Å². The summed E-state index contributed by atoms with van der Waals surface area (Å²) >= 11 is 0. The third kappa shape index (κ3) is 2.60. The van der Waals surface area contributed by atoms with E-state index in [1.54, 1.807) is 6.92 Å². The molecular formula is C23H36O3. The van der Waals surface area contributed by atoms with Crippen LogP contribution in [0.15, 0.2) is 12.7 Å². The van der Waals surface area contributed by atoms with Crippen LogP contribution >= 0.6 is 0 Å². The Bertz CT molecular complexity index is 586. The van der Waals surface area contributed by atoms with Crippen molar-refractivity contribution < 1.29 is 14.6 Å². The number of hydrogen-bond donors (Lipinski definition) is 1. The zero-order valence-electron chi connectivity index (χ0n) is 16.7. The number of carbonyl (C=O) groups excluding carboxylic acids is 1. The minimum atomic E-state index is -0.137. The molecule has 0 spiro atoms. The summed E-state index contributed by atoms with van der Waals surface area (Å²) in [7, 11) is 0. The van der Waals surface area contributed by atoms with Crippen molar-refractivity contribution in [3.05, 3.63) is 12.7 Å². The molecule has 4 aliphatic rings. The SMILES string of the molecule is C=C[C@H]1CC[C@@H]2[C@@H]3CC[C@H]4C[C@H](O)CC[C@]4(C)[C@H]3[C@H](OC(C)=O)C[C@@]21C. The highest BCUT2D eigenvalue weighted by molar-refractivity contribution is 5.66. The van der Waals surface area contributed by atoms with E-state index in [0.717, 1.165) is 31.6 Å². The van der Waals surface area contributed by atoms with Crippen molar-refractivity contribution in [2.75, 3.05) is 0 Å². The molecule has 0 aliphatic heterocycles. The molecule has 4 aliphatic carbocycles. The molecule has 0 radical (unpaired) electrons. The van der Waals surface area contributed by atoms with E-state index in [0.29, 0.717) is 23.7 Å². The first-order chi connectivity index (χ1) is 12.3. The predicted molar refractivity (Wildman–Crippen MR) is 102 cm³/mol. The molecule has 0 unspecified atom stereocenters. The van der Waals surface area contributed by atoms with E-state index in [9.17, 15) is 9.90 Å². The van der Waals surface area contributed by atoms with Gasteiger partial charge in [-0.2, -0.15) is 0 Å². The lowest BCUT2D eigenvalue weighted by Gasteiger charge is -2.62. The fourth-order valence-corrected chi connectivity index (χ4v) is 8.07. The van der Waals surface area contributed by atoms with E-state index < -0.39 is 0 Å². The number of allylic oxidation sites excluding steroid dienone is 1. The van der Waals surface area contributed by atoms with Crippen LogP contribution in [0.1, 0.15) is 72.1 Å². The van der Waals surface area contributed by atoms with Crippen LogP contribution in [-0.4, -0.2) is 23.3 Å². The summed E-state index contributed by atoms with van der Waals surface area (Å²) in [6.45, 7) is 10.6. The molecular weight excluding hydrogens is 324 g/mol. The average molecular weight is 361 g/mol. The summed E-state index contributed by atoms with van der Waals surface area (Å²) in [4.78, 5) is 12.0. The van der Waals surface area contributed by atoms with Crippen LogP contribution in [0.25, 0.3) is 0 Å². The van der Waals surface area contributed by atoms with Crippen LogP contribution in [0.4, 0.5) is 0 Å². The molecule has 0 heterocycles. The summed E-state index contributed by atoms with van der Waals surface area (Å²) in [5.74, 6) is 2.83. The molecule has 4 saturated carbocycles. The van der Waals surface area contributed by atoms with Crippen molar-refractivity contribution in [1.29, 1.82) is 0 Å². The predicted octanol–water partition coefficient (Wildman–Crippen LogP) is 4.73. The number of carbonyl (C=O) groups is 1. The molecule has 3 nitrogen and oxygen atoms in total. The highest BCUT2D eigenvalue weighted by Gasteiger charge is 2.63. The summed E-state index contributed by atoms with van der Waals surface area (Å²) in [6, 6.07) is 0. The van der Waals surface area contributed by atoms with Gasteiger partial charge in [0.25, 0.3) is 0 Å². The normalized spacial score (nSPS) is 53.2. The van der Waals surface area contributed by atoms with Gasteiger partial charge in [-0.3, -0.25) is 4.79 Å². The number of hydrogen-bond acceptors (Lipinski definition) is 3. The molecule has 0 aromatic carbocycles. The van der Waals surface area contributed by atoms with E-state index in [-0.39, 0.29) is 29.0 Å². The van der Waals surface area contributed by atoms with Crippen molar-refractivity contribution >= 4 is 5.97 Å². The monoisotopic (exact) mass is 360 g/mol. The van der Waals surface area contributed by atoms with Crippen molar-refractivity contribution in [3.63, 3.8) is 0 Å². The lowest BCUT2D eigenvalue weighted by Crippen LogP contribution is -2.59. The average Bonchev–Trinajstić information content (AvgIpc) is 2.90. The highest BCUT2D eigenvalue weighted by atomic mass is 16.5. The maximum atomic E-state index is 12.0. The van der Waals surface area contributed by atoms with E-state index >= 15 is 0 Å². The zero-order chi connectivity index (χ0) is 18.7. The first-order valence-corrected chi connectivity index (χ1v) is 10.8. The van der Waals surface area contributed by atoms with Crippen LogP contribution in [0.5, 0.6) is 0 Å². The molecule has 3 heteroatoms. The molecule has 146 valence electrons. The Morgan fingerprint density at radius 1 is 1.15 bits per heavy atom. The molecule has 0 aromatic heterocycles. The molecule has 9 atom stereocenters. The fourth-order valence-electron chi connectivity index (χ4n) is 8.07. The Hall–Kier alpha value is -0.830. The van der Waals surface area contributed by atoms with Gasteiger partial charge in [-0.15, -0.1) is 6.58 Å². The van der Waals surface area contributed by atoms with Crippen LogP contribution in [0.3, 0.4) is 0 Å². The first kappa shape index (κ1) is 18.5.